The number of rotatable bonds is 2. The zero-order chi connectivity index (χ0) is 12.8. The lowest BCUT2D eigenvalue weighted by Crippen LogP contribution is -2.43. The Morgan fingerprint density at radius 2 is 1.39 bits per heavy atom. The van der Waals surface area contributed by atoms with Gasteiger partial charge in [0.15, 0.2) is 0 Å². The van der Waals surface area contributed by atoms with Crippen molar-refractivity contribution in [2.45, 2.75) is 82.7 Å². The van der Waals surface area contributed by atoms with Crippen LogP contribution in [0.25, 0.3) is 0 Å². The average Bonchev–Trinajstić information content (AvgIpc) is 2.31. The fourth-order valence-electron chi connectivity index (χ4n) is 3.30. The molecule has 3 N–H and O–H groups in total. The summed E-state index contributed by atoms with van der Waals surface area (Å²) in [7, 11) is 0. The van der Waals surface area contributed by atoms with Crippen LogP contribution < -0.4 is 11.1 Å². The number of amides is 1. The minimum Gasteiger partial charge on any atom is -0.353 e. The number of carbonyl (C=O) groups is 1. The van der Waals surface area contributed by atoms with Gasteiger partial charge in [0.05, 0.1) is 0 Å². The minimum atomic E-state index is 0.279. The molecule has 18 heavy (non-hydrogen) atoms. The molecule has 2 fully saturated rings. The van der Waals surface area contributed by atoms with Gasteiger partial charge in [-0.3, -0.25) is 4.79 Å². The zero-order valence-electron chi connectivity index (χ0n) is 11.5. The first-order valence-corrected chi connectivity index (χ1v) is 7.81. The maximum atomic E-state index is 12.3. The predicted octanol–water partition coefficient (Wildman–Crippen LogP) is 2.73. The summed E-state index contributed by atoms with van der Waals surface area (Å²) < 4.78 is 0. The van der Waals surface area contributed by atoms with Gasteiger partial charge in [-0.05, 0) is 38.5 Å². The third-order valence-corrected chi connectivity index (χ3v) is 4.59. The Morgan fingerprint density at radius 1 is 0.833 bits per heavy atom. The Morgan fingerprint density at radius 3 is 2.00 bits per heavy atom. The highest BCUT2D eigenvalue weighted by molar-refractivity contribution is 5.78. The zero-order valence-corrected chi connectivity index (χ0v) is 11.5. The van der Waals surface area contributed by atoms with Crippen molar-refractivity contribution in [2.75, 3.05) is 0 Å². The van der Waals surface area contributed by atoms with Crippen molar-refractivity contribution < 1.29 is 4.79 Å². The van der Waals surface area contributed by atoms with Crippen LogP contribution in [0.5, 0.6) is 0 Å². The molecule has 0 unspecified atom stereocenters. The van der Waals surface area contributed by atoms with Crippen molar-refractivity contribution in [2.24, 2.45) is 11.7 Å². The largest absolute Gasteiger partial charge is 0.353 e. The molecule has 0 aromatic heterocycles. The molecule has 0 atom stereocenters. The van der Waals surface area contributed by atoms with Crippen molar-refractivity contribution in [1.29, 1.82) is 0 Å². The summed E-state index contributed by atoms with van der Waals surface area (Å²) in [5.41, 5.74) is 5.90. The molecule has 2 aliphatic rings. The normalized spacial score (nSPS) is 31.4. The summed E-state index contributed by atoms with van der Waals surface area (Å²) >= 11 is 0. The molecule has 0 aliphatic heterocycles. The molecule has 0 radical (unpaired) electrons. The second-order valence-corrected chi connectivity index (χ2v) is 6.16. The Kier molecular flexibility index (Phi) is 5.48. The number of hydrogen-bond acceptors (Lipinski definition) is 2. The van der Waals surface area contributed by atoms with Crippen LogP contribution in [-0.4, -0.2) is 18.0 Å². The van der Waals surface area contributed by atoms with Crippen LogP contribution >= 0.6 is 0 Å². The minimum absolute atomic E-state index is 0.279. The molecular weight excluding hydrogens is 224 g/mol. The molecule has 2 aliphatic carbocycles. The van der Waals surface area contributed by atoms with Crippen molar-refractivity contribution in [3.8, 4) is 0 Å². The van der Waals surface area contributed by atoms with Gasteiger partial charge in [-0.15, -0.1) is 0 Å². The van der Waals surface area contributed by atoms with Gasteiger partial charge in [0.1, 0.15) is 0 Å². The van der Waals surface area contributed by atoms with E-state index in [4.69, 9.17) is 5.73 Å². The highest BCUT2D eigenvalue weighted by atomic mass is 16.1. The second kappa shape index (κ2) is 7.13. The van der Waals surface area contributed by atoms with Gasteiger partial charge in [0.2, 0.25) is 5.91 Å². The van der Waals surface area contributed by atoms with Gasteiger partial charge in [0.25, 0.3) is 0 Å². The van der Waals surface area contributed by atoms with E-state index in [9.17, 15) is 4.79 Å². The van der Waals surface area contributed by atoms with Gasteiger partial charge in [-0.25, -0.2) is 0 Å². The molecule has 0 aromatic rings. The van der Waals surface area contributed by atoms with Crippen LogP contribution in [-0.2, 0) is 4.79 Å². The van der Waals surface area contributed by atoms with Gasteiger partial charge < -0.3 is 11.1 Å². The Hall–Kier alpha value is -0.570. The lowest BCUT2D eigenvalue weighted by molar-refractivity contribution is -0.126. The molecule has 0 heterocycles. The maximum Gasteiger partial charge on any atom is 0.223 e. The predicted molar refractivity (Wildman–Crippen MR) is 74.2 cm³/mol. The van der Waals surface area contributed by atoms with Crippen molar-refractivity contribution in [3.05, 3.63) is 0 Å². The van der Waals surface area contributed by atoms with E-state index in [1.807, 2.05) is 0 Å². The molecule has 3 nitrogen and oxygen atoms in total. The van der Waals surface area contributed by atoms with E-state index in [-0.39, 0.29) is 5.92 Å². The molecular formula is C15H28N2O. The third kappa shape index (κ3) is 4.27. The van der Waals surface area contributed by atoms with E-state index >= 15 is 0 Å². The smallest absolute Gasteiger partial charge is 0.223 e. The molecule has 3 heteroatoms. The highest BCUT2D eigenvalue weighted by Crippen LogP contribution is 2.23. The van der Waals surface area contributed by atoms with E-state index in [1.54, 1.807) is 0 Å². The molecule has 0 saturated heterocycles. The quantitative estimate of drug-likeness (QED) is 0.794. The van der Waals surface area contributed by atoms with Crippen LogP contribution in [0.3, 0.4) is 0 Å². The van der Waals surface area contributed by atoms with Crippen LogP contribution in [0, 0.1) is 5.92 Å². The fraction of sp³-hybridized carbons (Fsp3) is 0.933. The molecule has 0 aromatic carbocycles. The lowest BCUT2D eigenvalue weighted by atomic mass is 9.88. The van der Waals surface area contributed by atoms with Gasteiger partial charge in [-0.2, -0.15) is 0 Å². The highest BCUT2D eigenvalue weighted by Gasteiger charge is 2.24. The molecule has 1 amide bonds. The second-order valence-electron chi connectivity index (χ2n) is 6.16. The summed E-state index contributed by atoms with van der Waals surface area (Å²) in [5.74, 6) is 0.596. The van der Waals surface area contributed by atoms with E-state index < -0.39 is 0 Å². The van der Waals surface area contributed by atoms with Crippen molar-refractivity contribution in [1.82, 2.24) is 5.32 Å². The summed E-state index contributed by atoms with van der Waals surface area (Å²) in [6, 6.07) is 0.752. The van der Waals surface area contributed by atoms with Gasteiger partial charge in [0, 0.05) is 18.0 Å². The average molecular weight is 252 g/mol. The molecule has 0 bridgehead atoms. The number of nitrogens with one attached hydrogen (secondary N) is 1. The van der Waals surface area contributed by atoms with Crippen molar-refractivity contribution in [3.63, 3.8) is 0 Å². The first-order chi connectivity index (χ1) is 8.75. The molecule has 104 valence electrons. The van der Waals surface area contributed by atoms with Gasteiger partial charge in [-0.1, -0.05) is 32.1 Å². The summed E-state index contributed by atoms with van der Waals surface area (Å²) in [6.07, 6.45) is 12.9. The number of hydrogen-bond donors (Lipinski definition) is 2. The van der Waals surface area contributed by atoms with Crippen LogP contribution in [0.15, 0.2) is 0 Å². The monoisotopic (exact) mass is 252 g/mol. The summed E-state index contributed by atoms with van der Waals surface area (Å²) in [4.78, 5) is 12.3. The van der Waals surface area contributed by atoms with E-state index in [0.717, 1.165) is 38.5 Å². The summed E-state index contributed by atoms with van der Waals surface area (Å²) in [5, 5.41) is 3.26. The Bertz CT molecular complexity index is 251. The SMILES string of the molecule is NC1CCC(NC(=O)C2CCCCCCC2)CC1. The topological polar surface area (TPSA) is 55.1 Å². The molecule has 2 saturated carbocycles. The number of nitrogens with two attached hydrogens (primary N) is 1. The lowest BCUT2D eigenvalue weighted by Gasteiger charge is -2.29. The standard InChI is InChI=1S/C15H28N2O/c16-13-8-10-14(11-9-13)17-15(18)12-6-4-2-1-3-5-7-12/h12-14H,1-11,16H2,(H,17,18). The van der Waals surface area contributed by atoms with E-state index in [0.29, 0.717) is 18.0 Å². The first-order valence-electron chi connectivity index (χ1n) is 7.81. The first kappa shape index (κ1) is 13.9. The van der Waals surface area contributed by atoms with Crippen LogP contribution in [0.1, 0.15) is 70.6 Å². The van der Waals surface area contributed by atoms with Crippen molar-refractivity contribution >= 4 is 5.91 Å². The Labute approximate surface area is 111 Å². The van der Waals surface area contributed by atoms with E-state index in [2.05, 4.69) is 5.32 Å². The van der Waals surface area contributed by atoms with E-state index in [1.165, 1.54) is 32.1 Å². The van der Waals surface area contributed by atoms with Crippen LogP contribution in [0.2, 0.25) is 0 Å². The number of carbonyl (C=O) groups excluding carboxylic acids is 1. The fourth-order valence-corrected chi connectivity index (χ4v) is 3.30. The van der Waals surface area contributed by atoms with Crippen LogP contribution in [0.4, 0.5) is 0 Å². The molecule has 0 spiro atoms. The summed E-state index contributed by atoms with van der Waals surface area (Å²) in [6.45, 7) is 0. The molecule has 2 rings (SSSR count). The Balaban J connectivity index is 1.75. The third-order valence-electron chi connectivity index (χ3n) is 4.59. The van der Waals surface area contributed by atoms with Gasteiger partial charge >= 0.3 is 0 Å². The maximum absolute atomic E-state index is 12.3.